The van der Waals surface area contributed by atoms with Crippen molar-refractivity contribution in [1.29, 1.82) is 0 Å². The number of carbonyl (C=O) groups is 1. The fourth-order valence-corrected chi connectivity index (χ4v) is 3.09. The second-order valence-electron chi connectivity index (χ2n) is 6.06. The third-order valence-electron chi connectivity index (χ3n) is 4.43. The van der Waals surface area contributed by atoms with Crippen molar-refractivity contribution in [2.24, 2.45) is 0 Å². The van der Waals surface area contributed by atoms with E-state index in [2.05, 4.69) is 4.90 Å². The number of aliphatic hydroxyl groups excluding tert-OH is 1. The van der Waals surface area contributed by atoms with E-state index in [0.717, 1.165) is 31.2 Å². The van der Waals surface area contributed by atoms with Gasteiger partial charge in [-0.3, -0.25) is 4.90 Å². The zero-order valence-corrected chi connectivity index (χ0v) is 12.3. The van der Waals surface area contributed by atoms with Gasteiger partial charge in [0.05, 0.1) is 12.0 Å². The Morgan fingerprint density at radius 3 is 2.70 bits per heavy atom. The third-order valence-corrected chi connectivity index (χ3v) is 4.43. The van der Waals surface area contributed by atoms with Gasteiger partial charge < -0.3 is 9.90 Å². The Morgan fingerprint density at radius 1 is 1.30 bits per heavy atom. The lowest BCUT2D eigenvalue weighted by Crippen LogP contribution is -2.46. The molecule has 1 aromatic rings. The molecule has 1 fully saturated rings. The predicted molar refractivity (Wildman–Crippen MR) is 80.8 cm³/mol. The van der Waals surface area contributed by atoms with Crippen LogP contribution in [-0.4, -0.2) is 42.0 Å². The molecule has 1 aromatic carbocycles. The fourth-order valence-electron chi connectivity index (χ4n) is 3.09. The number of benzene rings is 1. The van der Waals surface area contributed by atoms with E-state index in [1.165, 1.54) is 12.8 Å². The molecule has 3 heteroatoms. The molecule has 2 rings (SSSR count). The van der Waals surface area contributed by atoms with Crippen molar-refractivity contribution in [1.82, 2.24) is 4.90 Å². The second-order valence-corrected chi connectivity index (χ2v) is 6.06. The summed E-state index contributed by atoms with van der Waals surface area (Å²) in [6, 6.07) is 10.1. The number of aldehydes is 1. The summed E-state index contributed by atoms with van der Waals surface area (Å²) in [5.41, 5.74) is 0.551. The maximum atomic E-state index is 11.7. The molecule has 2 atom stereocenters. The number of hydrogen-bond acceptors (Lipinski definition) is 3. The number of hydrogen-bond donors (Lipinski definition) is 1. The Kier molecular flexibility index (Phi) is 5.32. The minimum absolute atomic E-state index is 0.184. The summed E-state index contributed by atoms with van der Waals surface area (Å²) >= 11 is 0. The van der Waals surface area contributed by atoms with Crippen molar-refractivity contribution < 1.29 is 9.90 Å². The van der Waals surface area contributed by atoms with E-state index in [1.807, 2.05) is 37.3 Å². The molecular formula is C17H25NO2. The first-order valence-electron chi connectivity index (χ1n) is 7.56. The molecule has 110 valence electrons. The molecule has 0 saturated carbocycles. The average molecular weight is 275 g/mol. The molecule has 0 aromatic heterocycles. The van der Waals surface area contributed by atoms with E-state index < -0.39 is 5.41 Å². The zero-order valence-electron chi connectivity index (χ0n) is 12.3. The summed E-state index contributed by atoms with van der Waals surface area (Å²) in [6.45, 7) is 3.84. The highest BCUT2D eigenvalue weighted by atomic mass is 16.3. The number of rotatable bonds is 5. The summed E-state index contributed by atoms with van der Waals surface area (Å²) in [7, 11) is 0. The van der Waals surface area contributed by atoms with E-state index in [1.54, 1.807) is 0 Å². The van der Waals surface area contributed by atoms with Gasteiger partial charge in [0.15, 0.2) is 0 Å². The highest BCUT2D eigenvalue weighted by Crippen LogP contribution is 2.26. The quantitative estimate of drug-likeness (QED) is 0.839. The Labute approximate surface area is 121 Å². The fraction of sp³-hybridized carbons (Fsp3) is 0.588. The molecule has 0 amide bonds. The summed E-state index contributed by atoms with van der Waals surface area (Å²) in [4.78, 5) is 14.0. The van der Waals surface area contributed by atoms with Crippen LogP contribution in [0.2, 0.25) is 0 Å². The highest BCUT2D eigenvalue weighted by molar-refractivity contribution is 5.68. The van der Waals surface area contributed by atoms with Crippen LogP contribution in [0.4, 0.5) is 0 Å². The van der Waals surface area contributed by atoms with Gasteiger partial charge in [0, 0.05) is 12.6 Å². The van der Waals surface area contributed by atoms with E-state index in [-0.39, 0.29) is 12.6 Å². The van der Waals surface area contributed by atoms with Crippen LogP contribution >= 0.6 is 0 Å². The molecule has 1 aliphatic heterocycles. The zero-order chi connectivity index (χ0) is 14.4. The lowest BCUT2D eigenvalue weighted by molar-refractivity contribution is -0.113. The van der Waals surface area contributed by atoms with Gasteiger partial charge in [0.1, 0.15) is 6.29 Å². The molecule has 0 aliphatic carbocycles. The van der Waals surface area contributed by atoms with Gasteiger partial charge in [0.25, 0.3) is 0 Å². The van der Waals surface area contributed by atoms with Crippen molar-refractivity contribution in [2.45, 2.75) is 44.1 Å². The minimum atomic E-state index is -0.501. The molecule has 2 unspecified atom stereocenters. The second kappa shape index (κ2) is 7.00. The molecule has 0 bridgehead atoms. The van der Waals surface area contributed by atoms with Gasteiger partial charge in [0.2, 0.25) is 0 Å². The van der Waals surface area contributed by atoms with Crippen LogP contribution in [0.15, 0.2) is 30.3 Å². The molecule has 3 nitrogen and oxygen atoms in total. The lowest BCUT2D eigenvalue weighted by atomic mass is 9.83. The van der Waals surface area contributed by atoms with E-state index in [4.69, 9.17) is 0 Å². The van der Waals surface area contributed by atoms with Crippen molar-refractivity contribution >= 4 is 6.29 Å². The Morgan fingerprint density at radius 2 is 2.05 bits per heavy atom. The first kappa shape index (κ1) is 15.2. The highest BCUT2D eigenvalue weighted by Gasteiger charge is 2.32. The average Bonchev–Trinajstić information content (AvgIpc) is 2.73. The number of nitrogens with zero attached hydrogens (tertiary/aromatic N) is 1. The van der Waals surface area contributed by atoms with Gasteiger partial charge in [-0.15, -0.1) is 0 Å². The first-order valence-corrected chi connectivity index (χ1v) is 7.56. The monoisotopic (exact) mass is 275 g/mol. The van der Waals surface area contributed by atoms with Crippen LogP contribution in [0.5, 0.6) is 0 Å². The van der Waals surface area contributed by atoms with Crippen LogP contribution in [0.3, 0.4) is 0 Å². The maximum absolute atomic E-state index is 11.7. The molecular weight excluding hydrogens is 250 g/mol. The molecule has 0 radical (unpaired) electrons. The number of likely N-dealkylation sites (tertiary alicyclic amines) is 1. The summed E-state index contributed by atoms with van der Waals surface area (Å²) in [6.07, 6.45) is 5.63. The molecule has 1 saturated heterocycles. The largest absolute Gasteiger partial charge is 0.395 e. The topological polar surface area (TPSA) is 40.5 Å². The molecule has 1 N–H and O–H groups in total. The lowest BCUT2D eigenvalue weighted by Gasteiger charge is -2.35. The van der Waals surface area contributed by atoms with Gasteiger partial charge >= 0.3 is 0 Å². The van der Waals surface area contributed by atoms with Crippen LogP contribution < -0.4 is 0 Å². The van der Waals surface area contributed by atoms with Crippen molar-refractivity contribution in [3.63, 3.8) is 0 Å². The minimum Gasteiger partial charge on any atom is -0.395 e. The number of aliphatic hydroxyl groups is 1. The van der Waals surface area contributed by atoms with Crippen LogP contribution in [0.1, 0.15) is 38.2 Å². The van der Waals surface area contributed by atoms with Crippen molar-refractivity contribution in [3.8, 4) is 0 Å². The molecule has 1 aliphatic rings. The Balaban J connectivity index is 2.17. The normalized spacial score (nSPS) is 23.8. The van der Waals surface area contributed by atoms with Crippen LogP contribution in [-0.2, 0) is 10.2 Å². The van der Waals surface area contributed by atoms with E-state index >= 15 is 0 Å². The van der Waals surface area contributed by atoms with E-state index in [9.17, 15) is 9.90 Å². The van der Waals surface area contributed by atoms with Crippen molar-refractivity contribution in [3.05, 3.63) is 35.9 Å². The SMILES string of the molecule is CC(C=O)(CN1CCCCCC1CO)c1ccccc1. The van der Waals surface area contributed by atoms with Gasteiger partial charge in [-0.05, 0) is 31.9 Å². The molecule has 1 heterocycles. The third kappa shape index (κ3) is 3.47. The summed E-state index contributed by atoms with van der Waals surface area (Å²) < 4.78 is 0. The van der Waals surface area contributed by atoms with Gasteiger partial charge in [-0.2, -0.15) is 0 Å². The first-order chi connectivity index (χ1) is 9.69. The van der Waals surface area contributed by atoms with Gasteiger partial charge in [-0.25, -0.2) is 0 Å². The van der Waals surface area contributed by atoms with Crippen molar-refractivity contribution in [2.75, 3.05) is 19.7 Å². The molecule has 20 heavy (non-hydrogen) atoms. The van der Waals surface area contributed by atoms with Crippen LogP contribution in [0.25, 0.3) is 0 Å². The predicted octanol–water partition coefficient (Wildman–Crippen LogP) is 2.38. The Hall–Kier alpha value is -1.19. The molecule has 0 spiro atoms. The van der Waals surface area contributed by atoms with Crippen LogP contribution in [0, 0.1) is 0 Å². The standard InChI is InChI=1S/C17H25NO2/c1-17(14-20,15-8-4-2-5-9-15)13-18-11-7-3-6-10-16(18)12-19/h2,4-5,8-9,14,16,19H,3,6-7,10-13H2,1H3. The smallest absolute Gasteiger partial charge is 0.131 e. The van der Waals surface area contributed by atoms with E-state index in [0.29, 0.717) is 6.54 Å². The summed E-state index contributed by atoms with van der Waals surface area (Å²) in [5.74, 6) is 0. The Bertz CT molecular complexity index is 420. The summed E-state index contributed by atoms with van der Waals surface area (Å²) in [5, 5.41) is 9.60. The van der Waals surface area contributed by atoms with Gasteiger partial charge in [-0.1, -0.05) is 43.2 Å². The maximum Gasteiger partial charge on any atom is 0.131 e. The number of carbonyl (C=O) groups excluding carboxylic acids is 1.